The average Bonchev–Trinajstić information content (AvgIpc) is 3.04. The monoisotopic (exact) mass is 724 g/mol. The van der Waals surface area contributed by atoms with E-state index in [1.54, 1.807) is 27.7 Å². The van der Waals surface area contributed by atoms with Gasteiger partial charge in [-0.05, 0) is 40.5 Å². The smallest absolute Gasteiger partial charge is 0.325 e. The minimum Gasteiger partial charge on any atom is -0.465 e. The second kappa shape index (κ2) is 26.3. The summed E-state index contributed by atoms with van der Waals surface area (Å²) in [6.45, 7) is 5.99. The third-order valence-corrected chi connectivity index (χ3v) is 8.25. The summed E-state index contributed by atoms with van der Waals surface area (Å²) in [7, 11) is 2.13. The molecule has 4 atom stereocenters. The SMILES string of the molecule is CCOC(=O)CNC(=O)C(CSSCC(NC(=O)CCC(N)C(=O)OCC)C(=O)NCC(=O)OCC)NC(=O)CCC(N)C(=O)OCC. The third-order valence-electron chi connectivity index (χ3n) is 5.82. The van der Waals surface area contributed by atoms with Crippen LogP contribution in [-0.4, -0.2) is 123 Å². The lowest BCUT2D eigenvalue weighted by Gasteiger charge is -2.20. The highest BCUT2D eigenvalue weighted by Crippen LogP contribution is 2.23. The second-order valence-corrected chi connectivity index (χ2v) is 12.2. The number of carbonyl (C=O) groups is 8. The standard InChI is InChI=1S/C28H48N6O12S2/c1-5-43-23(37)13-31-25(39)19(33-21(35)11-9-17(29)27(41)45-7-3)15-47-48-16-20(26(40)32-14-24(38)44-6-2)34-22(36)12-10-18(30)28(42)46-8-4/h17-20H,5-16,29-30H2,1-4H3,(H,31,39)(H,32,40)(H,33,35)(H,34,36). The van der Waals surface area contributed by atoms with Crippen molar-refractivity contribution in [2.75, 3.05) is 51.0 Å². The quantitative estimate of drug-likeness (QED) is 0.0258. The Bertz CT molecular complexity index is 1000. The molecule has 4 amide bonds. The molecule has 20 heteroatoms. The predicted molar refractivity (Wildman–Crippen MR) is 176 cm³/mol. The van der Waals surface area contributed by atoms with Crippen molar-refractivity contribution in [3.05, 3.63) is 0 Å². The minimum atomic E-state index is -1.15. The Morgan fingerprint density at radius 1 is 0.562 bits per heavy atom. The van der Waals surface area contributed by atoms with Crippen LogP contribution in [-0.2, 0) is 57.3 Å². The molecule has 0 aliphatic carbocycles. The van der Waals surface area contributed by atoms with Gasteiger partial charge in [0.05, 0.1) is 26.4 Å². The second-order valence-electron chi connectivity index (χ2n) is 9.65. The van der Waals surface area contributed by atoms with E-state index < -0.39 is 84.8 Å². The van der Waals surface area contributed by atoms with E-state index in [1.165, 1.54) is 0 Å². The fourth-order valence-electron chi connectivity index (χ4n) is 3.43. The van der Waals surface area contributed by atoms with Crippen LogP contribution in [0.2, 0.25) is 0 Å². The first-order valence-electron chi connectivity index (χ1n) is 15.3. The molecular formula is C28H48N6O12S2. The summed E-state index contributed by atoms with van der Waals surface area (Å²) in [5.41, 5.74) is 11.5. The summed E-state index contributed by atoms with van der Waals surface area (Å²) in [4.78, 5) is 97.9. The van der Waals surface area contributed by atoms with Gasteiger partial charge in [-0.3, -0.25) is 38.4 Å². The molecule has 0 bridgehead atoms. The molecule has 0 heterocycles. The fourth-order valence-corrected chi connectivity index (χ4v) is 5.76. The van der Waals surface area contributed by atoms with Crippen molar-refractivity contribution in [3.63, 3.8) is 0 Å². The molecule has 0 radical (unpaired) electrons. The van der Waals surface area contributed by atoms with Crippen LogP contribution in [0.1, 0.15) is 53.4 Å². The number of ether oxygens (including phenoxy) is 4. The van der Waals surface area contributed by atoms with Crippen molar-refractivity contribution in [2.45, 2.75) is 77.5 Å². The number of nitrogens with two attached hydrogens (primary N) is 2. The van der Waals surface area contributed by atoms with Crippen LogP contribution in [0.25, 0.3) is 0 Å². The van der Waals surface area contributed by atoms with Crippen molar-refractivity contribution >= 4 is 69.1 Å². The van der Waals surface area contributed by atoms with Gasteiger partial charge in [0.2, 0.25) is 23.6 Å². The van der Waals surface area contributed by atoms with Crippen molar-refractivity contribution in [3.8, 4) is 0 Å². The van der Waals surface area contributed by atoms with Crippen LogP contribution < -0.4 is 32.7 Å². The summed E-state index contributed by atoms with van der Waals surface area (Å²) >= 11 is 0. The molecule has 4 unspecified atom stereocenters. The number of esters is 4. The van der Waals surface area contributed by atoms with E-state index in [2.05, 4.69) is 21.3 Å². The highest BCUT2D eigenvalue weighted by atomic mass is 33.1. The maximum absolute atomic E-state index is 12.9. The molecule has 0 aliphatic heterocycles. The highest BCUT2D eigenvalue weighted by Gasteiger charge is 2.26. The zero-order valence-electron chi connectivity index (χ0n) is 27.7. The first kappa shape index (κ1) is 44.4. The Labute approximate surface area is 287 Å². The lowest BCUT2D eigenvalue weighted by atomic mass is 10.1. The molecule has 48 heavy (non-hydrogen) atoms. The summed E-state index contributed by atoms with van der Waals surface area (Å²) in [6.07, 6.45) is -0.491. The Morgan fingerprint density at radius 2 is 0.896 bits per heavy atom. The van der Waals surface area contributed by atoms with Gasteiger partial charge >= 0.3 is 23.9 Å². The molecule has 0 saturated heterocycles. The molecule has 0 saturated carbocycles. The van der Waals surface area contributed by atoms with Crippen molar-refractivity contribution in [2.24, 2.45) is 11.5 Å². The number of nitrogens with one attached hydrogen (secondary N) is 4. The maximum Gasteiger partial charge on any atom is 0.325 e. The van der Waals surface area contributed by atoms with Crippen LogP contribution in [0, 0.1) is 0 Å². The molecule has 0 aromatic rings. The summed E-state index contributed by atoms with van der Waals surface area (Å²) in [5, 5.41) is 9.84. The van der Waals surface area contributed by atoms with E-state index >= 15 is 0 Å². The number of carbonyl (C=O) groups excluding carboxylic acids is 8. The zero-order valence-corrected chi connectivity index (χ0v) is 29.3. The average molecular weight is 725 g/mol. The molecule has 18 nitrogen and oxygen atoms in total. The highest BCUT2D eigenvalue weighted by molar-refractivity contribution is 8.76. The van der Waals surface area contributed by atoms with Crippen LogP contribution in [0.4, 0.5) is 0 Å². The van der Waals surface area contributed by atoms with Crippen molar-refractivity contribution < 1.29 is 57.3 Å². The third kappa shape index (κ3) is 20.6. The van der Waals surface area contributed by atoms with Gasteiger partial charge in [0.15, 0.2) is 0 Å². The first-order valence-corrected chi connectivity index (χ1v) is 17.8. The van der Waals surface area contributed by atoms with Crippen molar-refractivity contribution in [1.82, 2.24) is 21.3 Å². The number of hydrogen-bond donors (Lipinski definition) is 6. The molecule has 0 rings (SSSR count). The van der Waals surface area contributed by atoms with Gasteiger partial charge in [0.1, 0.15) is 37.3 Å². The van der Waals surface area contributed by atoms with Crippen LogP contribution in [0.3, 0.4) is 0 Å². The van der Waals surface area contributed by atoms with Gasteiger partial charge < -0.3 is 51.7 Å². The molecule has 8 N–H and O–H groups in total. The number of hydrogen-bond acceptors (Lipinski definition) is 16. The molecule has 0 spiro atoms. The number of amides is 4. The topological polar surface area (TPSA) is 274 Å². The largest absolute Gasteiger partial charge is 0.465 e. The van der Waals surface area contributed by atoms with Gasteiger partial charge in [-0.25, -0.2) is 0 Å². The van der Waals surface area contributed by atoms with E-state index in [1.807, 2.05) is 0 Å². The molecular weight excluding hydrogens is 676 g/mol. The van der Waals surface area contributed by atoms with Crippen LogP contribution in [0.5, 0.6) is 0 Å². The van der Waals surface area contributed by atoms with E-state index in [0.29, 0.717) is 0 Å². The van der Waals surface area contributed by atoms with Crippen LogP contribution in [0.15, 0.2) is 0 Å². The van der Waals surface area contributed by atoms with Gasteiger partial charge in [-0.15, -0.1) is 0 Å². The van der Waals surface area contributed by atoms with Gasteiger partial charge in [0, 0.05) is 24.3 Å². The van der Waals surface area contributed by atoms with Gasteiger partial charge in [-0.1, -0.05) is 21.6 Å². The predicted octanol–water partition coefficient (Wildman–Crippen LogP) is -1.96. The first-order chi connectivity index (χ1) is 22.8. The maximum atomic E-state index is 12.9. The Morgan fingerprint density at radius 3 is 1.21 bits per heavy atom. The van der Waals surface area contributed by atoms with Crippen LogP contribution >= 0.6 is 21.6 Å². The lowest BCUT2D eigenvalue weighted by Crippen LogP contribution is -2.50. The van der Waals surface area contributed by atoms with E-state index in [-0.39, 0.29) is 63.6 Å². The molecule has 0 aromatic heterocycles. The van der Waals surface area contributed by atoms with E-state index in [0.717, 1.165) is 21.6 Å². The van der Waals surface area contributed by atoms with Crippen molar-refractivity contribution in [1.29, 1.82) is 0 Å². The minimum absolute atomic E-state index is 0.0449. The normalized spacial score (nSPS) is 13.0. The van der Waals surface area contributed by atoms with Gasteiger partial charge in [-0.2, -0.15) is 0 Å². The number of rotatable bonds is 25. The summed E-state index contributed by atoms with van der Waals surface area (Å²) < 4.78 is 19.2. The summed E-state index contributed by atoms with van der Waals surface area (Å²) in [6, 6.07) is -4.39. The molecule has 0 fully saturated rings. The van der Waals surface area contributed by atoms with Gasteiger partial charge in [0.25, 0.3) is 0 Å². The Kier molecular flexibility index (Phi) is 24.4. The Hall–Kier alpha value is -3.62. The molecule has 0 aromatic carbocycles. The lowest BCUT2D eigenvalue weighted by molar-refractivity contribution is -0.146. The van der Waals surface area contributed by atoms with E-state index in [4.69, 9.17) is 30.4 Å². The Balaban J connectivity index is 5.43. The zero-order chi connectivity index (χ0) is 36.5. The molecule has 0 aliphatic rings. The fraction of sp³-hybridized carbons (Fsp3) is 0.714. The molecule has 274 valence electrons. The summed E-state index contributed by atoms with van der Waals surface area (Å²) in [5.74, 6) is -5.40. The van der Waals surface area contributed by atoms with E-state index in [9.17, 15) is 38.4 Å².